The van der Waals surface area contributed by atoms with Gasteiger partial charge in [0.1, 0.15) is 12.6 Å². The van der Waals surface area contributed by atoms with Gasteiger partial charge in [-0.1, -0.05) is 104 Å². The molecule has 0 aliphatic rings. The first-order valence-corrected chi connectivity index (χ1v) is 17.4. The van der Waals surface area contributed by atoms with Crippen LogP contribution in [0.15, 0.2) is 108 Å². The zero-order chi connectivity index (χ0) is 33.3. The van der Waals surface area contributed by atoms with Gasteiger partial charge in [-0.25, -0.2) is 8.42 Å². The molecular weight excluding hydrogens is 618 g/mol. The predicted molar refractivity (Wildman–Crippen MR) is 185 cm³/mol. The van der Waals surface area contributed by atoms with E-state index in [4.69, 9.17) is 11.6 Å². The van der Waals surface area contributed by atoms with Crippen molar-refractivity contribution in [1.82, 2.24) is 10.2 Å². The van der Waals surface area contributed by atoms with Crippen LogP contribution in [0.4, 0.5) is 5.69 Å². The van der Waals surface area contributed by atoms with Gasteiger partial charge in [0.2, 0.25) is 11.8 Å². The van der Waals surface area contributed by atoms with E-state index in [0.717, 1.165) is 22.3 Å². The summed E-state index contributed by atoms with van der Waals surface area (Å²) in [6, 6.07) is 29.3. The number of sulfonamides is 1. The van der Waals surface area contributed by atoms with Gasteiger partial charge in [0.15, 0.2) is 0 Å². The average Bonchev–Trinajstić information content (AvgIpc) is 3.05. The van der Waals surface area contributed by atoms with E-state index in [2.05, 4.69) is 5.32 Å². The minimum atomic E-state index is -4.18. The molecular formula is C37H42ClN3O4S. The van der Waals surface area contributed by atoms with Crippen molar-refractivity contribution in [2.75, 3.05) is 10.8 Å². The molecule has 2 atom stereocenters. The number of rotatable bonds is 14. The van der Waals surface area contributed by atoms with Crippen LogP contribution in [0, 0.1) is 6.92 Å². The fourth-order valence-electron chi connectivity index (χ4n) is 5.23. The lowest BCUT2D eigenvalue weighted by Gasteiger charge is -2.34. The van der Waals surface area contributed by atoms with Crippen LogP contribution in [0.5, 0.6) is 0 Å². The van der Waals surface area contributed by atoms with Crippen molar-refractivity contribution >= 4 is 39.1 Å². The maximum absolute atomic E-state index is 14.6. The molecule has 46 heavy (non-hydrogen) atoms. The third kappa shape index (κ3) is 8.77. The summed E-state index contributed by atoms with van der Waals surface area (Å²) < 4.78 is 29.8. The van der Waals surface area contributed by atoms with Gasteiger partial charge in [-0.3, -0.25) is 13.9 Å². The molecule has 0 aromatic heterocycles. The molecule has 0 aliphatic heterocycles. The van der Waals surface area contributed by atoms with E-state index in [0.29, 0.717) is 23.6 Å². The molecule has 0 heterocycles. The van der Waals surface area contributed by atoms with Crippen molar-refractivity contribution in [3.05, 3.63) is 130 Å². The second-order valence-corrected chi connectivity index (χ2v) is 13.8. The number of amides is 2. The SMILES string of the molecule is CCc1ccccc1N(CC(=O)N(Cc1cccc(Cl)c1)C(Cc1ccccc1)C(=O)NC(C)CC)S(=O)(=O)c1ccc(C)cc1. The van der Waals surface area contributed by atoms with Crippen LogP contribution in [0.1, 0.15) is 49.4 Å². The Hall–Kier alpha value is -4.14. The number of halogens is 1. The van der Waals surface area contributed by atoms with E-state index in [-0.39, 0.29) is 29.8 Å². The van der Waals surface area contributed by atoms with Gasteiger partial charge >= 0.3 is 0 Å². The quantitative estimate of drug-likeness (QED) is 0.159. The average molecular weight is 660 g/mol. The molecule has 0 fully saturated rings. The highest BCUT2D eigenvalue weighted by molar-refractivity contribution is 7.92. The minimum Gasteiger partial charge on any atom is -0.352 e. The first-order valence-electron chi connectivity index (χ1n) is 15.6. The Morgan fingerprint density at radius 2 is 1.50 bits per heavy atom. The minimum absolute atomic E-state index is 0.0542. The second-order valence-electron chi connectivity index (χ2n) is 11.5. The lowest BCUT2D eigenvalue weighted by atomic mass is 10.0. The van der Waals surface area contributed by atoms with Gasteiger partial charge in [-0.05, 0) is 73.7 Å². The van der Waals surface area contributed by atoms with Crippen LogP contribution < -0.4 is 9.62 Å². The van der Waals surface area contributed by atoms with E-state index < -0.39 is 28.5 Å². The Labute approximate surface area is 278 Å². The van der Waals surface area contributed by atoms with Gasteiger partial charge in [-0.2, -0.15) is 0 Å². The number of para-hydroxylation sites is 1. The number of hydrogen-bond donors (Lipinski definition) is 1. The monoisotopic (exact) mass is 659 g/mol. The van der Waals surface area contributed by atoms with Crippen molar-refractivity contribution in [2.45, 2.75) is 70.5 Å². The van der Waals surface area contributed by atoms with Crippen molar-refractivity contribution in [2.24, 2.45) is 0 Å². The fourth-order valence-corrected chi connectivity index (χ4v) is 6.90. The van der Waals surface area contributed by atoms with Crippen LogP contribution in [-0.4, -0.2) is 43.8 Å². The molecule has 0 saturated carbocycles. The van der Waals surface area contributed by atoms with Crippen molar-refractivity contribution in [1.29, 1.82) is 0 Å². The Morgan fingerprint density at radius 3 is 2.15 bits per heavy atom. The van der Waals surface area contributed by atoms with Gasteiger partial charge in [-0.15, -0.1) is 0 Å². The molecule has 4 aromatic rings. The van der Waals surface area contributed by atoms with E-state index in [9.17, 15) is 18.0 Å². The number of nitrogens with zero attached hydrogens (tertiary/aromatic N) is 2. The lowest BCUT2D eigenvalue weighted by molar-refractivity contribution is -0.140. The normalized spacial score (nSPS) is 12.6. The third-order valence-corrected chi connectivity index (χ3v) is 10.1. The smallest absolute Gasteiger partial charge is 0.264 e. The summed E-state index contributed by atoms with van der Waals surface area (Å²) in [5, 5.41) is 3.55. The standard InChI is InChI=1S/C37H42ClN3O4S/c1-5-28(4)39-37(43)35(24-29-13-8-7-9-14-29)40(25-30-15-12-17-32(38)23-30)36(42)26-41(34-18-11-10-16-31(34)6-2)46(44,45)33-21-19-27(3)20-22-33/h7-23,28,35H,5-6,24-26H2,1-4H3,(H,39,43). The molecule has 7 nitrogen and oxygen atoms in total. The summed E-state index contributed by atoms with van der Waals surface area (Å²) >= 11 is 6.33. The Bertz CT molecular complexity index is 1730. The van der Waals surface area contributed by atoms with E-state index in [1.165, 1.54) is 9.21 Å². The highest BCUT2D eigenvalue weighted by Gasteiger charge is 2.35. The summed E-state index contributed by atoms with van der Waals surface area (Å²) in [6.07, 6.45) is 1.51. The molecule has 1 N–H and O–H groups in total. The molecule has 4 rings (SSSR count). The first-order chi connectivity index (χ1) is 22.0. The maximum atomic E-state index is 14.6. The van der Waals surface area contributed by atoms with Gasteiger partial charge in [0.25, 0.3) is 10.0 Å². The van der Waals surface area contributed by atoms with Gasteiger partial charge in [0.05, 0.1) is 10.6 Å². The van der Waals surface area contributed by atoms with E-state index in [1.54, 1.807) is 54.6 Å². The number of nitrogens with one attached hydrogen (secondary N) is 1. The number of benzene rings is 4. The molecule has 9 heteroatoms. The van der Waals surface area contributed by atoms with Gasteiger partial charge in [0, 0.05) is 24.0 Å². The molecule has 0 saturated heterocycles. The maximum Gasteiger partial charge on any atom is 0.264 e. The van der Waals surface area contributed by atoms with Crippen LogP contribution in [0.2, 0.25) is 5.02 Å². The highest BCUT2D eigenvalue weighted by Crippen LogP contribution is 2.29. The van der Waals surface area contributed by atoms with Crippen LogP contribution in [0.25, 0.3) is 0 Å². The topological polar surface area (TPSA) is 86.8 Å². The Balaban J connectivity index is 1.84. The van der Waals surface area contributed by atoms with E-state index in [1.807, 2.05) is 76.2 Å². The first kappa shape index (κ1) is 34.7. The zero-order valence-electron chi connectivity index (χ0n) is 26.8. The molecule has 2 unspecified atom stereocenters. The Kier molecular flexibility index (Phi) is 12.0. The summed E-state index contributed by atoms with van der Waals surface area (Å²) in [6.45, 7) is 7.27. The molecule has 4 aromatic carbocycles. The van der Waals surface area contributed by atoms with Gasteiger partial charge < -0.3 is 10.2 Å². The van der Waals surface area contributed by atoms with Crippen molar-refractivity contribution in [3.8, 4) is 0 Å². The molecule has 0 aliphatic carbocycles. The predicted octanol–water partition coefficient (Wildman–Crippen LogP) is 6.96. The number of anilines is 1. The fraction of sp³-hybridized carbons (Fsp3) is 0.297. The third-order valence-electron chi connectivity index (χ3n) is 8.04. The molecule has 242 valence electrons. The van der Waals surface area contributed by atoms with Crippen molar-refractivity contribution < 1.29 is 18.0 Å². The molecule has 0 radical (unpaired) electrons. The van der Waals surface area contributed by atoms with Crippen molar-refractivity contribution in [3.63, 3.8) is 0 Å². The molecule has 0 spiro atoms. The summed E-state index contributed by atoms with van der Waals surface area (Å²) in [4.78, 5) is 30.2. The van der Waals surface area contributed by atoms with E-state index >= 15 is 0 Å². The number of aryl methyl sites for hydroxylation is 2. The zero-order valence-corrected chi connectivity index (χ0v) is 28.4. The van der Waals surface area contributed by atoms with Crippen LogP contribution >= 0.6 is 11.6 Å². The summed E-state index contributed by atoms with van der Waals surface area (Å²) in [7, 11) is -4.18. The van der Waals surface area contributed by atoms with Crippen LogP contribution in [-0.2, 0) is 39.0 Å². The second kappa shape index (κ2) is 15.9. The molecule has 0 bridgehead atoms. The number of hydrogen-bond acceptors (Lipinski definition) is 4. The number of carbonyl (C=O) groups is 2. The largest absolute Gasteiger partial charge is 0.352 e. The summed E-state index contributed by atoms with van der Waals surface area (Å²) in [5.74, 6) is -0.822. The molecule has 2 amide bonds. The highest BCUT2D eigenvalue weighted by atomic mass is 35.5. The van der Waals surface area contributed by atoms with Crippen LogP contribution in [0.3, 0.4) is 0 Å². The number of carbonyl (C=O) groups excluding carboxylic acids is 2. The Morgan fingerprint density at radius 1 is 0.848 bits per heavy atom. The summed E-state index contributed by atoms with van der Waals surface area (Å²) in [5.41, 5.74) is 3.71. The lowest BCUT2D eigenvalue weighted by Crippen LogP contribution is -2.54.